The first-order valence-electron chi connectivity index (χ1n) is 5.98. The Bertz CT molecular complexity index is 815. The third kappa shape index (κ3) is 2.48. The molecule has 0 aliphatic carbocycles. The molecular formula is C11H14N6O4. The fourth-order valence-corrected chi connectivity index (χ4v) is 1.91. The lowest BCUT2D eigenvalue weighted by Crippen LogP contribution is -2.38. The van der Waals surface area contributed by atoms with Gasteiger partial charge in [0.1, 0.15) is 0 Å². The van der Waals surface area contributed by atoms with E-state index in [1.165, 1.54) is 29.4 Å². The van der Waals surface area contributed by atoms with E-state index in [0.717, 1.165) is 4.57 Å². The molecule has 0 atom stereocenters. The molecule has 21 heavy (non-hydrogen) atoms. The molecule has 2 heterocycles. The van der Waals surface area contributed by atoms with Gasteiger partial charge in [0.05, 0.1) is 12.2 Å². The second-order valence-corrected chi connectivity index (χ2v) is 4.43. The Hall–Kier alpha value is -2.75. The third-order valence-electron chi connectivity index (χ3n) is 3.17. The van der Waals surface area contributed by atoms with E-state index >= 15 is 0 Å². The minimum atomic E-state index is -1.24. The number of hydrogen-bond acceptors (Lipinski definition) is 6. The number of aromatic nitrogens is 5. The van der Waals surface area contributed by atoms with Crippen LogP contribution in [0.1, 0.15) is 21.9 Å². The summed E-state index contributed by atoms with van der Waals surface area (Å²) < 4.78 is 3.51. The molecule has 0 bridgehead atoms. The van der Waals surface area contributed by atoms with Crippen molar-refractivity contribution in [2.45, 2.75) is 13.1 Å². The SMILES string of the molecule is Cn1c(Cn2nnc(C(=O)O)c2CN)cc(=O)n(C)c1=O. The molecule has 0 radical (unpaired) electrons. The molecule has 0 fully saturated rings. The Labute approximate surface area is 118 Å². The lowest BCUT2D eigenvalue weighted by Gasteiger charge is -2.10. The first kappa shape index (κ1) is 14.7. The summed E-state index contributed by atoms with van der Waals surface area (Å²) in [4.78, 5) is 34.5. The number of nitrogens with zero attached hydrogens (tertiary/aromatic N) is 5. The van der Waals surface area contributed by atoms with Gasteiger partial charge in [-0.1, -0.05) is 5.21 Å². The molecule has 0 unspecified atom stereocenters. The van der Waals surface area contributed by atoms with Gasteiger partial charge >= 0.3 is 11.7 Å². The van der Waals surface area contributed by atoms with E-state index in [1.807, 2.05) is 0 Å². The molecule has 0 amide bonds. The van der Waals surface area contributed by atoms with Crippen LogP contribution in [-0.2, 0) is 27.2 Å². The van der Waals surface area contributed by atoms with Crippen molar-refractivity contribution < 1.29 is 9.90 Å². The minimum absolute atomic E-state index is 0.0225. The molecule has 0 saturated carbocycles. The van der Waals surface area contributed by atoms with Crippen molar-refractivity contribution in [1.29, 1.82) is 0 Å². The fraction of sp³-hybridized carbons (Fsp3) is 0.364. The average Bonchev–Trinajstić information content (AvgIpc) is 2.85. The number of carboxylic acids is 1. The second-order valence-electron chi connectivity index (χ2n) is 4.43. The summed E-state index contributed by atoms with van der Waals surface area (Å²) in [5, 5.41) is 16.2. The normalized spacial score (nSPS) is 10.8. The van der Waals surface area contributed by atoms with E-state index in [-0.39, 0.29) is 24.5 Å². The largest absolute Gasteiger partial charge is 0.476 e. The summed E-state index contributed by atoms with van der Waals surface area (Å²) in [6.45, 7) is -0.0535. The van der Waals surface area contributed by atoms with Crippen LogP contribution in [-0.4, -0.2) is 35.2 Å². The van der Waals surface area contributed by atoms with Gasteiger partial charge in [0.2, 0.25) is 0 Å². The lowest BCUT2D eigenvalue weighted by molar-refractivity contribution is 0.0689. The maximum atomic E-state index is 11.8. The van der Waals surface area contributed by atoms with Gasteiger partial charge in [-0.15, -0.1) is 5.10 Å². The number of nitrogens with two attached hydrogens (primary N) is 1. The Kier molecular flexibility index (Phi) is 3.72. The van der Waals surface area contributed by atoms with Crippen LogP contribution in [0.3, 0.4) is 0 Å². The maximum absolute atomic E-state index is 11.8. The van der Waals surface area contributed by atoms with Crippen LogP contribution in [0.25, 0.3) is 0 Å². The molecule has 112 valence electrons. The summed E-state index contributed by atoms with van der Waals surface area (Å²) in [6.07, 6.45) is 0. The number of carbonyl (C=O) groups is 1. The Morgan fingerprint density at radius 2 is 2.00 bits per heavy atom. The van der Waals surface area contributed by atoms with Gasteiger partial charge in [-0.2, -0.15) is 0 Å². The van der Waals surface area contributed by atoms with E-state index in [4.69, 9.17) is 10.8 Å². The molecule has 10 nitrogen and oxygen atoms in total. The van der Waals surface area contributed by atoms with Crippen LogP contribution in [0.5, 0.6) is 0 Å². The number of hydrogen-bond donors (Lipinski definition) is 2. The molecule has 0 aliphatic heterocycles. The Balaban J connectivity index is 2.51. The van der Waals surface area contributed by atoms with E-state index in [9.17, 15) is 14.4 Å². The van der Waals surface area contributed by atoms with Gasteiger partial charge in [0, 0.05) is 32.4 Å². The standard InChI is InChI=1S/C11H14N6O4/c1-15-6(3-8(18)16(2)11(15)21)5-17-7(4-12)9(10(19)20)13-14-17/h3H,4-5,12H2,1-2H3,(H,19,20). The van der Waals surface area contributed by atoms with Crippen molar-refractivity contribution in [2.75, 3.05) is 0 Å². The molecule has 3 N–H and O–H groups in total. The number of carboxylic acid groups (broad SMARTS) is 1. The van der Waals surface area contributed by atoms with Crippen molar-refractivity contribution in [3.63, 3.8) is 0 Å². The van der Waals surface area contributed by atoms with Crippen LogP contribution in [0, 0.1) is 0 Å². The molecule has 0 saturated heterocycles. The smallest absolute Gasteiger partial charge is 0.358 e. The second kappa shape index (κ2) is 5.32. The molecule has 0 aliphatic rings. The minimum Gasteiger partial charge on any atom is -0.476 e. The Morgan fingerprint density at radius 3 is 2.57 bits per heavy atom. The Morgan fingerprint density at radius 1 is 1.33 bits per heavy atom. The zero-order chi connectivity index (χ0) is 15.7. The summed E-state index contributed by atoms with van der Waals surface area (Å²) in [6, 6.07) is 1.28. The first-order valence-corrected chi connectivity index (χ1v) is 5.98. The number of rotatable bonds is 4. The van der Waals surface area contributed by atoms with Crippen LogP contribution < -0.4 is 17.0 Å². The zero-order valence-corrected chi connectivity index (χ0v) is 11.5. The van der Waals surface area contributed by atoms with E-state index < -0.39 is 17.2 Å². The quantitative estimate of drug-likeness (QED) is 0.657. The molecule has 2 aromatic rings. The fourth-order valence-electron chi connectivity index (χ4n) is 1.91. The van der Waals surface area contributed by atoms with Crippen molar-refractivity contribution in [3.05, 3.63) is 44.0 Å². The van der Waals surface area contributed by atoms with Crippen molar-refractivity contribution in [2.24, 2.45) is 19.8 Å². The predicted molar refractivity (Wildman–Crippen MR) is 70.9 cm³/mol. The van der Waals surface area contributed by atoms with E-state index in [2.05, 4.69) is 10.3 Å². The van der Waals surface area contributed by atoms with Crippen LogP contribution in [0.4, 0.5) is 0 Å². The van der Waals surface area contributed by atoms with Crippen LogP contribution in [0.2, 0.25) is 0 Å². The van der Waals surface area contributed by atoms with E-state index in [0.29, 0.717) is 5.69 Å². The molecule has 10 heteroatoms. The predicted octanol–water partition coefficient (Wildman–Crippen LogP) is -2.12. The summed E-state index contributed by atoms with van der Waals surface area (Å²) in [7, 11) is 2.88. The van der Waals surface area contributed by atoms with Crippen molar-refractivity contribution in [3.8, 4) is 0 Å². The van der Waals surface area contributed by atoms with Crippen molar-refractivity contribution >= 4 is 5.97 Å². The van der Waals surface area contributed by atoms with Gasteiger partial charge < -0.3 is 10.8 Å². The summed E-state index contributed by atoms with van der Waals surface area (Å²) >= 11 is 0. The molecular weight excluding hydrogens is 280 g/mol. The van der Waals surface area contributed by atoms with Gasteiger partial charge in [-0.05, 0) is 0 Å². The van der Waals surface area contributed by atoms with Crippen LogP contribution in [0.15, 0.2) is 15.7 Å². The highest BCUT2D eigenvalue weighted by Gasteiger charge is 2.18. The van der Waals surface area contributed by atoms with E-state index in [1.54, 1.807) is 0 Å². The zero-order valence-electron chi connectivity index (χ0n) is 11.5. The van der Waals surface area contributed by atoms with Crippen molar-refractivity contribution in [1.82, 2.24) is 24.1 Å². The highest BCUT2D eigenvalue weighted by atomic mass is 16.4. The number of aromatic carboxylic acids is 1. The van der Waals surface area contributed by atoms with Crippen LogP contribution >= 0.6 is 0 Å². The van der Waals surface area contributed by atoms with Gasteiger partial charge in [0.15, 0.2) is 5.69 Å². The topological polar surface area (TPSA) is 138 Å². The highest BCUT2D eigenvalue weighted by Crippen LogP contribution is 2.07. The lowest BCUT2D eigenvalue weighted by atomic mass is 10.3. The van der Waals surface area contributed by atoms with Gasteiger partial charge in [-0.3, -0.25) is 13.9 Å². The molecule has 2 rings (SSSR count). The molecule has 0 aromatic carbocycles. The summed E-state index contributed by atoms with van der Waals surface area (Å²) in [5.74, 6) is -1.24. The first-order chi connectivity index (χ1) is 9.86. The third-order valence-corrected chi connectivity index (χ3v) is 3.17. The van der Waals surface area contributed by atoms with Gasteiger partial charge in [-0.25, -0.2) is 14.3 Å². The van der Waals surface area contributed by atoms with Gasteiger partial charge in [0.25, 0.3) is 5.56 Å². The monoisotopic (exact) mass is 294 g/mol. The maximum Gasteiger partial charge on any atom is 0.358 e. The summed E-state index contributed by atoms with van der Waals surface area (Å²) in [5.41, 5.74) is 4.92. The average molecular weight is 294 g/mol. The molecule has 2 aromatic heterocycles. The highest BCUT2D eigenvalue weighted by molar-refractivity contribution is 5.86. The molecule has 0 spiro atoms.